The lowest BCUT2D eigenvalue weighted by atomic mass is 10.1. The summed E-state index contributed by atoms with van der Waals surface area (Å²) in [5.41, 5.74) is 5.65. The summed E-state index contributed by atoms with van der Waals surface area (Å²) < 4.78 is 1.95. The van der Waals surface area contributed by atoms with Crippen LogP contribution in [0.15, 0.2) is 18.5 Å². The van der Waals surface area contributed by atoms with Gasteiger partial charge in [-0.2, -0.15) is 5.10 Å². The summed E-state index contributed by atoms with van der Waals surface area (Å²) in [6.45, 7) is 4.12. The van der Waals surface area contributed by atoms with Crippen LogP contribution in [-0.2, 0) is 6.54 Å². The largest absolute Gasteiger partial charge is 0.325 e. The van der Waals surface area contributed by atoms with E-state index in [1.165, 1.54) is 0 Å². The van der Waals surface area contributed by atoms with E-state index in [1.807, 2.05) is 23.1 Å². The molecule has 2 heterocycles. The van der Waals surface area contributed by atoms with Gasteiger partial charge in [0.15, 0.2) is 0 Å². The van der Waals surface area contributed by atoms with Crippen LogP contribution in [0.3, 0.4) is 0 Å². The molecule has 0 unspecified atom stereocenters. The number of nitrogens with zero attached hydrogens (tertiary/aromatic N) is 3. The van der Waals surface area contributed by atoms with Crippen LogP contribution in [0.1, 0.15) is 0 Å². The highest BCUT2D eigenvalue weighted by atomic mass is 15.3. The number of hydrogen-bond donors (Lipinski definition) is 1. The molecular weight excluding hydrogens is 152 g/mol. The van der Waals surface area contributed by atoms with Gasteiger partial charge in [0.2, 0.25) is 0 Å². The molecule has 1 aromatic rings. The van der Waals surface area contributed by atoms with Gasteiger partial charge in [-0.25, -0.2) is 0 Å². The quantitative estimate of drug-likeness (QED) is 0.660. The normalized spacial score (nSPS) is 19.4. The fraction of sp³-hybridized carbons (Fsp3) is 0.625. The SMILES string of the molecule is NC1CN(CCn2cccn2)C1. The van der Waals surface area contributed by atoms with Crippen LogP contribution in [0, 0.1) is 0 Å². The molecule has 4 heteroatoms. The lowest BCUT2D eigenvalue weighted by molar-refractivity contribution is 0.143. The Morgan fingerprint density at radius 2 is 2.25 bits per heavy atom. The maximum Gasteiger partial charge on any atom is 0.0536 e. The zero-order valence-corrected chi connectivity index (χ0v) is 7.06. The molecule has 2 N–H and O–H groups in total. The van der Waals surface area contributed by atoms with Crippen molar-refractivity contribution in [1.82, 2.24) is 14.7 Å². The molecule has 0 atom stereocenters. The number of aromatic nitrogens is 2. The Morgan fingerprint density at radius 3 is 2.83 bits per heavy atom. The van der Waals surface area contributed by atoms with Crippen LogP contribution in [0.2, 0.25) is 0 Å². The van der Waals surface area contributed by atoms with Gasteiger partial charge in [0.1, 0.15) is 0 Å². The van der Waals surface area contributed by atoms with E-state index < -0.39 is 0 Å². The van der Waals surface area contributed by atoms with E-state index in [2.05, 4.69) is 10.00 Å². The van der Waals surface area contributed by atoms with E-state index in [0.29, 0.717) is 6.04 Å². The highest BCUT2D eigenvalue weighted by molar-refractivity contribution is 4.83. The molecule has 4 nitrogen and oxygen atoms in total. The predicted octanol–water partition coefficient (Wildman–Crippen LogP) is -0.474. The van der Waals surface area contributed by atoms with Gasteiger partial charge in [0.25, 0.3) is 0 Å². The molecule has 66 valence electrons. The van der Waals surface area contributed by atoms with Crippen molar-refractivity contribution in [2.24, 2.45) is 5.73 Å². The van der Waals surface area contributed by atoms with Gasteiger partial charge in [0.05, 0.1) is 6.54 Å². The molecule has 1 aliphatic heterocycles. The van der Waals surface area contributed by atoms with E-state index >= 15 is 0 Å². The molecule has 12 heavy (non-hydrogen) atoms. The summed E-state index contributed by atoms with van der Waals surface area (Å²) in [6.07, 6.45) is 3.79. The Hall–Kier alpha value is -0.870. The number of likely N-dealkylation sites (tertiary alicyclic amines) is 1. The van der Waals surface area contributed by atoms with Crippen molar-refractivity contribution in [2.75, 3.05) is 19.6 Å². The molecule has 0 amide bonds. The molecule has 1 fully saturated rings. The van der Waals surface area contributed by atoms with Gasteiger partial charge in [-0.1, -0.05) is 0 Å². The van der Waals surface area contributed by atoms with E-state index in [1.54, 1.807) is 0 Å². The average Bonchev–Trinajstić information content (AvgIpc) is 2.47. The second-order valence-corrected chi connectivity index (χ2v) is 3.29. The van der Waals surface area contributed by atoms with E-state index in [-0.39, 0.29) is 0 Å². The fourth-order valence-electron chi connectivity index (χ4n) is 1.47. The summed E-state index contributed by atoms with van der Waals surface area (Å²) in [5, 5.41) is 4.12. The number of hydrogen-bond acceptors (Lipinski definition) is 3. The Bertz CT molecular complexity index is 225. The third-order valence-electron chi connectivity index (χ3n) is 2.19. The Balaban J connectivity index is 1.70. The summed E-state index contributed by atoms with van der Waals surface area (Å²) >= 11 is 0. The van der Waals surface area contributed by atoms with Crippen LogP contribution < -0.4 is 5.73 Å². The Kier molecular flexibility index (Phi) is 2.10. The smallest absolute Gasteiger partial charge is 0.0536 e. The van der Waals surface area contributed by atoms with Crippen LogP contribution in [-0.4, -0.2) is 40.4 Å². The van der Waals surface area contributed by atoms with E-state index in [4.69, 9.17) is 5.73 Å². The highest BCUT2D eigenvalue weighted by Gasteiger charge is 2.21. The molecule has 1 aromatic heterocycles. The standard InChI is InChI=1S/C8H14N4/c9-8-6-11(7-8)4-5-12-3-1-2-10-12/h1-3,8H,4-7,9H2. The first-order chi connectivity index (χ1) is 5.84. The maximum atomic E-state index is 5.65. The highest BCUT2D eigenvalue weighted by Crippen LogP contribution is 2.04. The molecule has 0 spiro atoms. The Labute approximate surface area is 72.0 Å². The van der Waals surface area contributed by atoms with Gasteiger partial charge in [-0.15, -0.1) is 0 Å². The van der Waals surface area contributed by atoms with Gasteiger partial charge < -0.3 is 5.73 Å². The molecule has 2 rings (SSSR count). The minimum absolute atomic E-state index is 0.405. The average molecular weight is 166 g/mol. The molecule has 0 bridgehead atoms. The lowest BCUT2D eigenvalue weighted by Gasteiger charge is -2.36. The van der Waals surface area contributed by atoms with Crippen molar-refractivity contribution >= 4 is 0 Å². The number of rotatable bonds is 3. The Morgan fingerprint density at radius 1 is 1.42 bits per heavy atom. The van der Waals surface area contributed by atoms with Crippen molar-refractivity contribution in [3.8, 4) is 0 Å². The van der Waals surface area contributed by atoms with Gasteiger partial charge >= 0.3 is 0 Å². The van der Waals surface area contributed by atoms with Crippen LogP contribution in [0.4, 0.5) is 0 Å². The number of nitrogens with two attached hydrogens (primary N) is 1. The summed E-state index contributed by atoms with van der Waals surface area (Å²) in [4.78, 5) is 2.34. The minimum atomic E-state index is 0.405. The van der Waals surface area contributed by atoms with E-state index in [9.17, 15) is 0 Å². The first kappa shape index (κ1) is 7.76. The maximum absolute atomic E-state index is 5.65. The zero-order chi connectivity index (χ0) is 8.39. The third kappa shape index (κ3) is 1.65. The second kappa shape index (κ2) is 3.25. The predicted molar refractivity (Wildman–Crippen MR) is 46.6 cm³/mol. The summed E-state index contributed by atoms with van der Waals surface area (Å²) in [7, 11) is 0. The first-order valence-corrected chi connectivity index (χ1v) is 4.30. The van der Waals surface area contributed by atoms with Crippen LogP contribution >= 0.6 is 0 Å². The zero-order valence-electron chi connectivity index (χ0n) is 7.06. The molecule has 0 aromatic carbocycles. The monoisotopic (exact) mass is 166 g/mol. The molecule has 1 aliphatic rings. The van der Waals surface area contributed by atoms with Crippen molar-refractivity contribution < 1.29 is 0 Å². The summed E-state index contributed by atoms with van der Waals surface area (Å²) in [6, 6.07) is 2.35. The lowest BCUT2D eigenvalue weighted by Crippen LogP contribution is -2.56. The molecule has 0 radical (unpaired) electrons. The van der Waals surface area contributed by atoms with E-state index in [0.717, 1.165) is 26.2 Å². The van der Waals surface area contributed by atoms with Gasteiger partial charge in [-0.3, -0.25) is 9.58 Å². The first-order valence-electron chi connectivity index (χ1n) is 4.30. The molecular formula is C8H14N4. The van der Waals surface area contributed by atoms with Gasteiger partial charge in [0, 0.05) is 38.1 Å². The second-order valence-electron chi connectivity index (χ2n) is 3.29. The van der Waals surface area contributed by atoms with Crippen molar-refractivity contribution in [3.63, 3.8) is 0 Å². The third-order valence-corrected chi connectivity index (χ3v) is 2.19. The van der Waals surface area contributed by atoms with Crippen LogP contribution in [0.25, 0.3) is 0 Å². The molecule has 0 saturated carbocycles. The minimum Gasteiger partial charge on any atom is -0.325 e. The van der Waals surface area contributed by atoms with Crippen molar-refractivity contribution in [1.29, 1.82) is 0 Å². The van der Waals surface area contributed by atoms with Crippen LogP contribution in [0.5, 0.6) is 0 Å². The topological polar surface area (TPSA) is 47.1 Å². The van der Waals surface area contributed by atoms with Crippen molar-refractivity contribution in [3.05, 3.63) is 18.5 Å². The molecule has 1 saturated heterocycles. The van der Waals surface area contributed by atoms with Gasteiger partial charge in [-0.05, 0) is 6.07 Å². The molecule has 0 aliphatic carbocycles. The fourth-order valence-corrected chi connectivity index (χ4v) is 1.47. The summed E-state index contributed by atoms with van der Waals surface area (Å²) in [5.74, 6) is 0. The van der Waals surface area contributed by atoms with Crippen molar-refractivity contribution in [2.45, 2.75) is 12.6 Å².